The molecule has 5 nitrogen and oxygen atoms in total. The highest BCUT2D eigenvalue weighted by atomic mass is 19.1. The summed E-state index contributed by atoms with van der Waals surface area (Å²) in [6.45, 7) is 0. The third-order valence-electron chi connectivity index (χ3n) is 1.95. The van der Waals surface area contributed by atoms with Gasteiger partial charge in [-0.05, 0) is 6.07 Å². The fourth-order valence-corrected chi connectivity index (χ4v) is 1.28. The lowest BCUT2D eigenvalue weighted by molar-refractivity contribution is -0.385. The van der Waals surface area contributed by atoms with Crippen molar-refractivity contribution in [1.82, 2.24) is 9.78 Å². The molecule has 0 fully saturated rings. The number of nitrogens with zero attached hydrogens (tertiary/aromatic N) is 3. The quantitative estimate of drug-likeness (QED) is 0.580. The normalized spacial score (nSPS) is 10.4. The largest absolute Gasteiger partial charge is 0.275 e. The molecule has 0 spiro atoms. The molecule has 0 radical (unpaired) electrons. The number of rotatable bonds is 2. The lowest BCUT2D eigenvalue weighted by Crippen LogP contribution is -2.03. The second-order valence-corrected chi connectivity index (χ2v) is 2.97. The Balaban J connectivity index is 2.61. The number of halogens is 2. The van der Waals surface area contributed by atoms with E-state index < -0.39 is 27.9 Å². The number of benzene rings is 1. The van der Waals surface area contributed by atoms with Crippen LogP contribution in [0.2, 0.25) is 0 Å². The lowest BCUT2D eigenvalue weighted by atomic mass is 10.2. The van der Waals surface area contributed by atoms with Gasteiger partial charge in [-0.1, -0.05) is 0 Å². The Labute approximate surface area is 88.1 Å². The first-order valence-corrected chi connectivity index (χ1v) is 4.23. The van der Waals surface area contributed by atoms with E-state index in [0.717, 1.165) is 4.68 Å². The minimum Gasteiger partial charge on any atom is -0.258 e. The molecule has 0 bridgehead atoms. The van der Waals surface area contributed by atoms with Crippen molar-refractivity contribution in [1.29, 1.82) is 0 Å². The van der Waals surface area contributed by atoms with Crippen molar-refractivity contribution >= 4 is 5.69 Å². The van der Waals surface area contributed by atoms with Crippen molar-refractivity contribution in [2.24, 2.45) is 0 Å². The third kappa shape index (κ3) is 1.62. The standard InChI is InChI=1S/C9H5F2N3O2/c10-7-4-6(14(15)16)5-8(11)9(7)13-3-1-2-12-13/h1-5H. The van der Waals surface area contributed by atoms with Crippen LogP contribution in [0.15, 0.2) is 30.6 Å². The number of hydrogen-bond acceptors (Lipinski definition) is 3. The Bertz CT molecular complexity index is 517. The molecule has 0 aliphatic carbocycles. The van der Waals surface area contributed by atoms with Gasteiger partial charge >= 0.3 is 0 Å². The Kier molecular flexibility index (Phi) is 2.35. The van der Waals surface area contributed by atoms with E-state index in [1.165, 1.54) is 18.5 Å². The van der Waals surface area contributed by atoms with Crippen LogP contribution in [0.3, 0.4) is 0 Å². The summed E-state index contributed by atoms with van der Waals surface area (Å²) in [6, 6.07) is 2.79. The molecule has 0 aliphatic rings. The first kappa shape index (κ1) is 10.2. The van der Waals surface area contributed by atoms with Gasteiger partial charge in [0, 0.05) is 12.4 Å². The number of non-ortho nitro benzene ring substituents is 1. The highest BCUT2D eigenvalue weighted by molar-refractivity contribution is 5.43. The maximum Gasteiger partial charge on any atom is 0.275 e. The molecule has 2 rings (SSSR count). The molecule has 16 heavy (non-hydrogen) atoms. The summed E-state index contributed by atoms with van der Waals surface area (Å²) in [5.41, 5.74) is -1.07. The Morgan fingerprint density at radius 1 is 1.31 bits per heavy atom. The van der Waals surface area contributed by atoms with Crippen molar-refractivity contribution in [3.63, 3.8) is 0 Å². The zero-order chi connectivity index (χ0) is 11.7. The maximum atomic E-state index is 13.4. The first-order chi connectivity index (χ1) is 7.59. The van der Waals surface area contributed by atoms with Crippen molar-refractivity contribution in [2.75, 3.05) is 0 Å². The van der Waals surface area contributed by atoms with Gasteiger partial charge in [-0.25, -0.2) is 13.5 Å². The van der Waals surface area contributed by atoms with Crippen LogP contribution in [0.1, 0.15) is 0 Å². The van der Waals surface area contributed by atoms with E-state index in [1.807, 2.05) is 0 Å². The Morgan fingerprint density at radius 3 is 2.38 bits per heavy atom. The fourth-order valence-electron chi connectivity index (χ4n) is 1.28. The average molecular weight is 225 g/mol. The minimum absolute atomic E-state index is 0.435. The molecule has 0 aliphatic heterocycles. The molecule has 0 amide bonds. The van der Waals surface area contributed by atoms with Crippen LogP contribution in [-0.4, -0.2) is 14.7 Å². The van der Waals surface area contributed by atoms with E-state index in [1.54, 1.807) is 0 Å². The van der Waals surface area contributed by atoms with Gasteiger partial charge in [0.2, 0.25) is 0 Å². The predicted octanol–water partition coefficient (Wildman–Crippen LogP) is 2.06. The third-order valence-corrected chi connectivity index (χ3v) is 1.95. The van der Waals surface area contributed by atoms with Crippen LogP contribution < -0.4 is 0 Å². The summed E-state index contributed by atoms with van der Waals surface area (Å²) in [5.74, 6) is -2.06. The first-order valence-electron chi connectivity index (χ1n) is 4.23. The number of nitro benzene ring substituents is 1. The second-order valence-electron chi connectivity index (χ2n) is 2.97. The Morgan fingerprint density at radius 2 is 1.94 bits per heavy atom. The zero-order valence-electron chi connectivity index (χ0n) is 7.80. The molecule has 1 aromatic carbocycles. The second kappa shape index (κ2) is 3.69. The molecule has 0 atom stereocenters. The molecule has 1 heterocycles. The van der Waals surface area contributed by atoms with Gasteiger partial charge in [0.05, 0.1) is 17.1 Å². The summed E-state index contributed by atoms with van der Waals surface area (Å²) in [4.78, 5) is 9.49. The summed E-state index contributed by atoms with van der Waals surface area (Å²) in [6.07, 6.45) is 2.69. The monoisotopic (exact) mass is 225 g/mol. The molecular formula is C9H5F2N3O2. The molecule has 2 aromatic rings. The predicted molar refractivity (Wildman–Crippen MR) is 50.1 cm³/mol. The van der Waals surface area contributed by atoms with E-state index in [0.29, 0.717) is 12.1 Å². The van der Waals surface area contributed by atoms with Gasteiger partial charge < -0.3 is 0 Å². The van der Waals surface area contributed by atoms with Crippen LogP contribution in [0.4, 0.5) is 14.5 Å². The molecule has 0 N–H and O–H groups in total. The van der Waals surface area contributed by atoms with E-state index in [9.17, 15) is 18.9 Å². The van der Waals surface area contributed by atoms with Gasteiger partial charge in [-0.2, -0.15) is 5.10 Å². The van der Waals surface area contributed by atoms with Gasteiger partial charge in [-0.3, -0.25) is 10.1 Å². The average Bonchev–Trinajstić information content (AvgIpc) is 2.69. The summed E-state index contributed by atoms with van der Waals surface area (Å²) < 4.78 is 27.8. The van der Waals surface area contributed by atoms with Crippen LogP contribution in [0.5, 0.6) is 0 Å². The van der Waals surface area contributed by atoms with E-state index in [2.05, 4.69) is 5.10 Å². The smallest absolute Gasteiger partial charge is 0.258 e. The van der Waals surface area contributed by atoms with Gasteiger partial charge in [-0.15, -0.1) is 0 Å². The fraction of sp³-hybridized carbons (Fsp3) is 0. The summed E-state index contributed by atoms with van der Waals surface area (Å²) >= 11 is 0. The summed E-state index contributed by atoms with van der Waals surface area (Å²) in [7, 11) is 0. The van der Waals surface area contributed by atoms with Crippen LogP contribution in [-0.2, 0) is 0 Å². The number of aromatic nitrogens is 2. The maximum absolute atomic E-state index is 13.4. The van der Waals surface area contributed by atoms with Crippen LogP contribution in [0, 0.1) is 21.7 Å². The Hall–Kier alpha value is -2.31. The van der Waals surface area contributed by atoms with Gasteiger partial charge in [0.15, 0.2) is 11.6 Å². The molecule has 0 saturated carbocycles. The lowest BCUT2D eigenvalue weighted by Gasteiger charge is -2.04. The minimum atomic E-state index is -1.03. The van der Waals surface area contributed by atoms with Crippen molar-refractivity contribution in [2.45, 2.75) is 0 Å². The topological polar surface area (TPSA) is 61.0 Å². The van der Waals surface area contributed by atoms with Crippen molar-refractivity contribution in [3.8, 4) is 5.69 Å². The molecule has 7 heteroatoms. The summed E-state index contributed by atoms with van der Waals surface area (Å²) in [5, 5.41) is 14.0. The molecule has 0 saturated heterocycles. The van der Waals surface area contributed by atoms with Crippen molar-refractivity contribution < 1.29 is 13.7 Å². The molecule has 82 valence electrons. The molecule has 1 aromatic heterocycles. The van der Waals surface area contributed by atoms with Crippen molar-refractivity contribution in [3.05, 3.63) is 52.3 Å². The highest BCUT2D eigenvalue weighted by Crippen LogP contribution is 2.22. The SMILES string of the molecule is O=[N+]([O-])c1cc(F)c(-n2cccn2)c(F)c1. The number of nitro groups is 1. The highest BCUT2D eigenvalue weighted by Gasteiger charge is 2.18. The van der Waals surface area contributed by atoms with Crippen LogP contribution >= 0.6 is 0 Å². The number of hydrogen-bond donors (Lipinski definition) is 0. The van der Waals surface area contributed by atoms with Gasteiger partial charge in [0.25, 0.3) is 5.69 Å². The zero-order valence-corrected chi connectivity index (χ0v) is 7.80. The molecular weight excluding hydrogens is 220 g/mol. The van der Waals surface area contributed by atoms with Crippen LogP contribution in [0.25, 0.3) is 5.69 Å². The van der Waals surface area contributed by atoms with E-state index >= 15 is 0 Å². The van der Waals surface area contributed by atoms with E-state index in [4.69, 9.17) is 0 Å². The molecule has 0 unspecified atom stereocenters. The van der Waals surface area contributed by atoms with Gasteiger partial charge in [0.1, 0.15) is 5.69 Å². The van der Waals surface area contributed by atoms with E-state index in [-0.39, 0.29) is 0 Å².